The van der Waals surface area contributed by atoms with E-state index in [2.05, 4.69) is 28.9 Å². The smallest absolute Gasteiger partial charge is 0.320 e. The topological polar surface area (TPSA) is 32.3 Å². The number of urea groups is 1. The summed E-state index contributed by atoms with van der Waals surface area (Å²) in [7, 11) is 0. The van der Waals surface area contributed by atoms with Crippen LogP contribution in [0.4, 0.5) is 10.5 Å². The summed E-state index contributed by atoms with van der Waals surface area (Å²) in [5, 5.41) is 5.28. The maximum absolute atomic E-state index is 12.6. The lowest BCUT2D eigenvalue weighted by molar-refractivity contribution is 0.207. The van der Waals surface area contributed by atoms with Gasteiger partial charge in [0.2, 0.25) is 0 Å². The van der Waals surface area contributed by atoms with E-state index < -0.39 is 0 Å². The zero-order valence-electron chi connectivity index (χ0n) is 12.6. The number of carbonyl (C=O) groups is 1. The van der Waals surface area contributed by atoms with Crippen molar-refractivity contribution in [3.63, 3.8) is 0 Å². The number of carbonyl (C=O) groups excluding carboxylic acids is 1. The molecule has 1 N–H and O–H groups in total. The maximum Gasteiger partial charge on any atom is 0.322 e. The van der Waals surface area contributed by atoms with Crippen LogP contribution in [0.25, 0.3) is 0 Å². The first-order valence-corrected chi connectivity index (χ1v) is 8.91. The van der Waals surface area contributed by atoms with Crippen molar-refractivity contribution in [2.24, 2.45) is 0 Å². The van der Waals surface area contributed by atoms with E-state index in [1.807, 2.05) is 11.0 Å². The number of thiophene rings is 1. The second kappa shape index (κ2) is 5.76. The van der Waals surface area contributed by atoms with E-state index in [9.17, 15) is 4.79 Å². The summed E-state index contributed by atoms with van der Waals surface area (Å²) in [6, 6.07) is 8.48. The lowest BCUT2D eigenvalue weighted by Crippen LogP contribution is -2.38. The second-order valence-electron chi connectivity index (χ2n) is 6.12. The van der Waals surface area contributed by atoms with Crippen LogP contribution < -0.4 is 5.32 Å². The molecule has 3 nitrogen and oxygen atoms in total. The highest BCUT2D eigenvalue weighted by Crippen LogP contribution is 2.29. The Labute approximate surface area is 135 Å². The number of benzene rings is 1. The van der Waals surface area contributed by atoms with E-state index in [0.29, 0.717) is 0 Å². The van der Waals surface area contributed by atoms with E-state index in [4.69, 9.17) is 0 Å². The van der Waals surface area contributed by atoms with Gasteiger partial charge in [0.25, 0.3) is 0 Å². The highest BCUT2D eigenvalue weighted by molar-refractivity contribution is 7.10. The number of amides is 2. The van der Waals surface area contributed by atoms with E-state index in [-0.39, 0.29) is 6.03 Å². The lowest BCUT2D eigenvalue weighted by atomic mass is 9.90. The number of anilines is 1. The van der Waals surface area contributed by atoms with Gasteiger partial charge >= 0.3 is 6.03 Å². The van der Waals surface area contributed by atoms with Gasteiger partial charge in [0.15, 0.2) is 0 Å². The highest BCUT2D eigenvalue weighted by atomic mass is 32.1. The van der Waals surface area contributed by atoms with Crippen LogP contribution in [0.2, 0.25) is 0 Å². The molecular weight excluding hydrogens is 292 g/mol. The first-order valence-electron chi connectivity index (χ1n) is 8.03. The van der Waals surface area contributed by atoms with Crippen molar-refractivity contribution in [3.8, 4) is 0 Å². The average Bonchev–Trinajstić information content (AvgIpc) is 3.02. The fraction of sp³-hybridized carbons (Fsp3) is 0.389. The molecule has 1 aliphatic carbocycles. The van der Waals surface area contributed by atoms with Crippen molar-refractivity contribution >= 4 is 23.1 Å². The van der Waals surface area contributed by atoms with E-state index in [1.165, 1.54) is 34.4 Å². The Morgan fingerprint density at radius 3 is 2.95 bits per heavy atom. The number of nitrogens with zero attached hydrogens (tertiary/aromatic N) is 1. The zero-order chi connectivity index (χ0) is 14.9. The minimum absolute atomic E-state index is 0.0378. The summed E-state index contributed by atoms with van der Waals surface area (Å²) < 4.78 is 0. The first-order chi connectivity index (χ1) is 10.8. The van der Waals surface area contributed by atoms with Crippen molar-refractivity contribution in [1.29, 1.82) is 0 Å². The predicted octanol–water partition coefficient (Wildman–Crippen LogP) is 4.22. The van der Waals surface area contributed by atoms with Gasteiger partial charge in [0.1, 0.15) is 0 Å². The number of nitrogens with one attached hydrogen (secondary N) is 1. The van der Waals surface area contributed by atoms with Gasteiger partial charge in [-0.1, -0.05) is 12.1 Å². The Hall–Kier alpha value is -1.81. The van der Waals surface area contributed by atoms with E-state index >= 15 is 0 Å². The minimum Gasteiger partial charge on any atom is -0.320 e. The summed E-state index contributed by atoms with van der Waals surface area (Å²) in [6.45, 7) is 1.55. The van der Waals surface area contributed by atoms with E-state index in [1.54, 1.807) is 11.3 Å². The van der Waals surface area contributed by atoms with Crippen LogP contribution in [-0.4, -0.2) is 17.5 Å². The Kier molecular flexibility index (Phi) is 3.62. The van der Waals surface area contributed by atoms with Crippen LogP contribution in [0.5, 0.6) is 0 Å². The molecule has 0 spiro atoms. The fourth-order valence-corrected chi connectivity index (χ4v) is 4.40. The number of fused-ring (bicyclic) bond motifs is 2. The zero-order valence-corrected chi connectivity index (χ0v) is 13.4. The number of hydrogen-bond acceptors (Lipinski definition) is 2. The molecule has 0 radical (unpaired) electrons. The molecule has 2 heterocycles. The molecule has 0 atom stereocenters. The number of aryl methyl sites for hydroxylation is 1. The molecule has 1 aromatic carbocycles. The van der Waals surface area contributed by atoms with Crippen molar-refractivity contribution < 1.29 is 4.79 Å². The molecule has 114 valence electrons. The SMILES string of the molecule is O=C(Nc1cccc2c1CCCC2)N1CCc2sccc2C1. The van der Waals surface area contributed by atoms with Gasteiger partial charge in [0, 0.05) is 23.7 Å². The third kappa shape index (κ3) is 2.52. The quantitative estimate of drug-likeness (QED) is 0.840. The maximum atomic E-state index is 12.6. The molecule has 2 aliphatic rings. The number of rotatable bonds is 1. The van der Waals surface area contributed by atoms with Crippen LogP contribution in [0.3, 0.4) is 0 Å². The minimum atomic E-state index is 0.0378. The van der Waals surface area contributed by atoms with Crippen molar-refractivity contribution in [2.45, 2.75) is 38.6 Å². The number of hydrogen-bond donors (Lipinski definition) is 1. The summed E-state index contributed by atoms with van der Waals surface area (Å²) >= 11 is 1.80. The van der Waals surface area contributed by atoms with Gasteiger partial charge < -0.3 is 10.2 Å². The molecule has 22 heavy (non-hydrogen) atoms. The van der Waals surface area contributed by atoms with Crippen LogP contribution >= 0.6 is 11.3 Å². The normalized spacial score (nSPS) is 16.8. The molecule has 2 amide bonds. The Balaban J connectivity index is 1.51. The van der Waals surface area contributed by atoms with Gasteiger partial charge in [-0.3, -0.25) is 0 Å². The van der Waals surface area contributed by atoms with Crippen molar-refractivity contribution in [1.82, 2.24) is 4.90 Å². The molecule has 1 aliphatic heterocycles. The predicted molar refractivity (Wildman–Crippen MR) is 90.5 cm³/mol. The van der Waals surface area contributed by atoms with Gasteiger partial charge in [-0.25, -0.2) is 4.79 Å². The molecule has 0 saturated carbocycles. The Morgan fingerprint density at radius 1 is 1.09 bits per heavy atom. The first kappa shape index (κ1) is 13.8. The average molecular weight is 312 g/mol. The van der Waals surface area contributed by atoms with Crippen LogP contribution in [0.1, 0.15) is 34.4 Å². The largest absolute Gasteiger partial charge is 0.322 e. The third-order valence-electron chi connectivity index (χ3n) is 4.73. The Bertz CT molecular complexity index is 707. The molecule has 0 unspecified atom stereocenters. The Morgan fingerprint density at radius 2 is 2.00 bits per heavy atom. The van der Waals surface area contributed by atoms with Gasteiger partial charge in [-0.2, -0.15) is 0 Å². The van der Waals surface area contributed by atoms with Gasteiger partial charge in [0.05, 0.1) is 0 Å². The molecule has 4 rings (SSSR count). The van der Waals surface area contributed by atoms with Gasteiger partial charge in [-0.05, 0) is 66.3 Å². The fourth-order valence-electron chi connectivity index (χ4n) is 3.51. The molecule has 1 aromatic heterocycles. The summed E-state index contributed by atoms with van der Waals surface area (Å²) in [5.74, 6) is 0. The third-order valence-corrected chi connectivity index (χ3v) is 5.76. The summed E-state index contributed by atoms with van der Waals surface area (Å²) in [4.78, 5) is 16.0. The van der Waals surface area contributed by atoms with Crippen molar-refractivity contribution in [3.05, 3.63) is 51.2 Å². The molecule has 0 bridgehead atoms. The monoisotopic (exact) mass is 312 g/mol. The highest BCUT2D eigenvalue weighted by Gasteiger charge is 2.22. The van der Waals surface area contributed by atoms with Crippen LogP contribution in [0.15, 0.2) is 29.6 Å². The molecule has 2 aromatic rings. The molecular formula is C18H20N2OS. The summed E-state index contributed by atoms with van der Waals surface area (Å²) in [5.41, 5.74) is 5.07. The van der Waals surface area contributed by atoms with Crippen LogP contribution in [-0.2, 0) is 25.8 Å². The molecule has 4 heteroatoms. The lowest BCUT2D eigenvalue weighted by Gasteiger charge is -2.28. The summed E-state index contributed by atoms with van der Waals surface area (Å²) in [6.07, 6.45) is 5.69. The second-order valence-corrected chi connectivity index (χ2v) is 7.12. The molecule has 0 saturated heterocycles. The van der Waals surface area contributed by atoms with Gasteiger partial charge in [-0.15, -0.1) is 11.3 Å². The van der Waals surface area contributed by atoms with Crippen molar-refractivity contribution in [2.75, 3.05) is 11.9 Å². The molecule has 0 fully saturated rings. The van der Waals surface area contributed by atoms with Crippen LogP contribution in [0, 0.1) is 0 Å². The standard InChI is InChI=1S/C18H20N2OS/c21-18(20-10-8-17-14(12-20)9-11-22-17)19-16-7-3-5-13-4-1-2-6-15(13)16/h3,5,7,9,11H,1-2,4,6,8,10,12H2,(H,19,21). The van der Waals surface area contributed by atoms with E-state index in [0.717, 1.165) is 38.0 Å².